The number of hydrogen-bond acceptors (Lipinski definition) is 4. The van der Waals surface area contributed by atoms with Crippen molar-refractivity contribution in [1.29, 1.82) is 5.26 Å². The molecule has 1 N–H and O–H groups in total. The Kier molecular flexibility index (Phi) is 4.91. The largest absolute Gasteiger partial charge is 0.478 e. The summed E-state index contributed by atoms with van der Waals surface area (Å²) in [5.74, 6) is -1.66. The van der Waals surface area contributed by atoms with Crippen molar-refractivity contribution < 1.29 is 19.1 Å². The quantitative estimate of drug-likeness (QED) is 0.218. The van der Waals surface area contributed by atoms with E-state index in [1.54, 1.807) is 11.9 Å². The van der Waals surface area contributed by atoms with Crippen molar-refractivity contribution in [3.63, 3.8) is 0 Å². The summed E-state index contributed by atoms with van der Waals surface area (Å²) >= 11 is 0. The van der Waals surface area contributed by atoms with Crippen LogP contribution >= 0.6 is 0 Å². The van der Waals surface area contributed by atoms with Gasteiger partial charge in [0, 0.05) is 12.7 Å². The number of anilines is 1. The Morgan fingerprint density at radius 1 is 1.39 bits per heavy atom. The zero-order valence-electron chi connectivity index (χ0n) is 12.5. The van der Waals surface area contributed by atoms with Gasteiger partial charge < -0.3 is 10.0 Å². The zero-order chi connectivity index (χ0) is 17.0. The van der Waals surface area contributed by atoms with Crippen LogP contribution < -0.4 is 4.90 Å². The number of carbonyl (C=O) groups is 2. The van der Waals surface area contributed by atoms with Gasteiger partial charge in [0.05, 0.1) is 5.57 Å². The van der Waals surface area contributed by atoms with Crippen LogP contribution in [0.25, 0.3) is 0 Å². The molecule has 0 spiro atoms. The van der Waals surface area contributed by atoms with Gasteiger partial charge in [0.1, 0.15) is 17.6 Å². The van der Waals surface area contributed by atoms with E-state index in [1.165, 1.54) is 30.3 Å². The Balaban J connectivity index is 2.49. The summed E-state index contributed by atoms with van der Waals surface area (Å²) in [7, 11) is 1.64. The van der Waals surface area contributed by atoms with Gasteiger partial charge in [-0.15, -0.1) is 0 Å². The zero-order valence-corrected chi connectivity index (χ0v) is 12.5. The van der Waals surface area contributed by atoms with E-state index in [0.717, 1.165) is 12.8 Å². The number of carbonyl (C=O) groups excluding carboxylic acids is 1. The Morgan fingerprint density at radius 2 is 2.00 bits per heavy atom. The monoisotopic (exact) mass is 314 g/mol. The molecular weight excluding hydrogens is 299 g/mol. The Labute approximate surface area is 132 Å². The molecule has 0 amide bonds. The lowest BCUT2D eigenvalue weighted by Gasteiger charge is -2.20. The number of carboxylic acid groups (broad SMARTS) is 1. The molecule has 23 heavy (non-hydrogen) atoms. The SMILES string of the molecule is CN(/C(C#N)=C(\C=C(/C=O)C(=O)O)C1CC1)c1ccc(F)cc1. The number of nitrogens with zero attached hydrogens (tertiary/aromatic N) is 2. The summed E-state index contributed by atoms with van der Waals surface area (Å²) in [6, 6.07) is 7.67. The second kappa shape index (κ2) is 6.88. The van der Waals surface area contributed by atoms with Gasteiger partial charge in [-0.1, -0.05) is 0 Å². The fourth-order valence-electron chi connectivity index (χ4n) is 2.21. The van der Waals surface area contributed by atoms with Crippen molar-refractivity contribution in [2.24, 2.45) is 5.92 Å². The topological polar surface area (TPSA) is 81.4 Å². The maximum Gasteiger partial charge on any atom is 0.339 e. The number of rotatable bonds is 6. The molecule has 1 aromatic carbocycles. The molecule has 0 atom stereocenters. The number of benzene rings is 1. The molecule has 118 valence electrons. The number of nitriles is 1. The molecular formula is C17H15FN2O3. The number of hydrogen-bond donors (Lipinski definition) is 1. The van der Waals surface area contributed by atoms with Gasteiger partial charge in [-0.3, -0.25) is 4.79 Å². The minimum Gasteiger partial charge on any atom is -0.478 e. The van der Waals surface area contributed by atoms with Crippen LogP contribution in [0.15, 0.2) is 47.2 Å². The molecule has 6 heteroatoms. The standard InChI is InChI=1S/C17H15FN2O3/c1-20(14-6-4-13(18)5-7-14)16(9-19)15(11-2-3-11)8-12(10-21)17(22)23/h4-8,10-11H,2-3H2,1H3,(H,22,23)/b12-8+,16-15+. The Hall–Kier alpha value is -2.94. The van der Waals surface area contributed by atoms with Gasteiger partial charge in [0.15, 0.2) is 6.29 Å². The van der Waals surface area contributed by atoms with E-state index in [-0.39, 0.29) is 23.7 Å². The third-order valence-corrected chi connectivity index (χ3v) is 3.63. The average Bonchev–Trinajstić information content (AvgIpc) is 3.36. The van der Waals surface area contributed by atoms with Crippen molar-refractivity contribution in [1.82, 2.24) is 0 Å². The summed E-state index contributed by atoms with van der Waals surface area (Å²) in [6.07, 6.45) is 3.18. The van der Waals surface area contributed by atoms with E-state index < -0.39 is 11.5 Å². The number of aliphatic carboxylic acids is 1. The van der Waals surface area contributed by atoms with E-state index in [1.807, 2.05) is 0 Å². The van der Waals surface area contributed by atoms with E-state index in [2.05, 4.69) is 6.07 Å². The summed E-state index contributed by atoms with van der Waals surface area (Å²) in [6.45, 7) is 0. The molecule has 5 nitrogen and oxygen atoms in total. The number of allylic oxidation sites excluding steroid dienone is 3. The number of halogens is 1. The van der Waals surface area contributed by atoms with Crippen LogP contribution in [0, 0.1) is 23.1 Å². The first-order chi connectivity index (χ1) is 11.0. The number of aldehydes is 1. The van der Waals surface area contributed by atoms with Crippen LogP contribution in [0.1, 0.15) is 12.8 Å². The van der Waals surface area contributed by atoms with Gasteiger partial charge >= 0.3 is 5.97 Å². The molecule has 1 aliphatic carbocycles. The molecule has 0 aromatic heterocycles. The normalized spacial score (nSPS) is 15.4. The van der Waals surface area contributed by atoms with Crippen LogP contribution in [0.3, 0.4) is 0 Å². The van der Waals surface area contributed by atoms with E-state index >= 15 is 0 Å². The maximum absolute atomic E-state index is 13.0. The van der Waals surface area contributed by atoms with Crippen LogP contribution in [0.2, 0.25) is 0 Å². The molecule has 0 heterocycles. The Bertz CT molecular complexity index is 725. The first-order valence-electron chi connectivity index (χ1n) is 7.01. The van der Waals surface area contributed by atoms with Crippen LogP contribution in [0.5, 0.6) is 0 Å². The molecule has 1 fully saturated rings. The minimum absolute atomic E-state index is 0.0573. The molecule has 0 unspecified atom stereocenters. The lowest BCUT2D eigenvalue weighted by Crippen LogP contribution is -2.18. The first kappa shape index (κ1) is 16.4. The predicted octanol–water partition coefficient (Wildman–Crippen LogP) is 2.66. The van der Waals surface area contributed by atoms with Crippen LogP contribution in [-0.4, -0.2) is 24.4 Å². The van der Waals surface area contributed by atoms with Crippen molar-refractivity contribution >= 4 is 17.9 Å². The molecule has 2 rings (SSSR count). The fraction of sp³-hybridized carbons (Fsp3) is 0.235. The van der Waals surface area contributed by atoms with Crippen LogP contribution in [0.4, 0.5) is 10.1 Å². The molecule has 1 aliphatic rings. The maximum atomic E-state index is 13.0. The van der Waals surface area contributed by atoms with Crippen molar-refractivity contribution in [2.75, 3.05) is 11.9 Å². The van der Waals surface area contributed by atoms with Gasteiger partial charge in [-0.25, -0.2) is 9.18 Å². The molecule has 0 saturated heterocycles. The molecule has 1 aromatic rings. The summed E-state index contributed by atoms with van der Waals surface area (Å²) in [4.78, 5) is 23.5. The van der Waals surface area contributed by atoms with E-state index in [9.17, 15) is 19.2 Å². The highest BCUT2D eigenvalue weighted by molar-refractivity contribution is 6.07. The van der Waals surface area contributed by atoms with Crippen molar-refractivity contribution in [3.05, 3.63) is 53.0 Å². The Morgan fingerprint density at radius 3 is 2.43 bits per heavy atom. The first-order valence-corrected chi connectivity index (χ1v) is 7.01. The predicted molar refractivity (Wildman–Crippen MR) is 81.9 cm³/mol. The highest BCUT2D eigenvalue weighted by atomic mass is 19.1. The van der Waals surface area contributed by atoms with E-state index in [4.69, 9.17) is 5.11 Å². The lowest BCUT2D eigenvalue weighted by molar-refractivity contribution is -0.133. The average molecular weight is 314 g/mol. The summed E-state index contributed by atoms with van der Waals surface area (Å²) in [5.41, 5.74) is 0.966. The van der Waals surface area contributed by atoms with Gasteiger partial charge in [0.2, 0.25) is 0 Å². The van der Waals surface area contributed by atoms with E-state index in [0.29, 0.717) is 11.3 Å². The second-order valence-electron chi connectivity index (χ2n) is 5.25. The molecule has 0 radical (unpaired) electrons. The van der Waals surface area contributed by atoms with Gasteiger partial charge in [-0.2, -0.15) is 5.26 Å². The smallest absolute Gasteiger partial charge is 0.339 e. The molecule has 1 saturated carbocycles. The van der Waals surface area contributed by atoms with Gasteiger partial charge in [-0.05, 0) is 54.7 Å². The number of carboxylic acids is 1. The highest BCUT2D eigenvalue weighted by Crippen LogP contribution is 2.40. The molecule has 0 aliphatic heterocycles. The third-order valence-electron chi connectivity index (χ3n) is 3.63. The second-order valence-corrected chi connectivity index (χ2v) is 5.25. The lowest BCUT2D eigenvalue weighted by atomic mass is 10.0. The van der Waals surface area contributed by atoms with Crippen molar-refractivity contribution in [2.45, 2.75) is 12.8 Å². The summed E-state index contributed by atoms with van der Waals surface area (Å²) < 4.78 is 13.0. The van der Waals surface area contributed by atoms with Gasteiger partial charge in [0.25, 0.3) is 0 Å². The van der Waals surface area contributed by atoms with Crippen LogP contribution in [-0.2, 0) is 9.59 Å². The van der Waals surface area contributed by atoms with Crippen molar-refractivity contribution in [3.8, 4) is 6.07 Å². The minimum atomic E-state index is -1.33. The molecule has 0 bridgehead atoms. The summed E-state index contributed by atoms with van der Waals surface area (Å²) in [5, 5.41) is 18.5. The third kappa shape index (κ3) is 3.83. The highest BCUT2D eigenvalue weighted by Gasteiger charge is 2.30. The fourth-order valence-corrected chi connectivity index (χ4v) is 2.21.